The zero-order valence-corrected chi connectivity index (χ0v) is 21.6. The average Bonchev–Trinajstić information content (AvgIpc) is 2.71. The molecule has 2 aromatic carbocycles. The number of nitrogens with zero attached hydrogens (tertiary/aromatic N) is 2. The second-order valence-electron chi connectivity index (χ2n) is 8.16. The van der Waals surface area contributed by atoms with Crippen LogP contribution in [-0.2, 0) is 26.2 Å². The number of sulfonamides is 1. The summed E-state index contributed by atoms with van der Waals surface area (Å²) in [5.74, 6) is -0.905. The Morgan fingerprint density at radius 1 is 1.03 bits per heavy atom. The molecule has 10 heteroatoms. The topological polar surface area (TPSA) is 86.8 Å². The Balaban J connectivity index is 2.43. The molecule has 0 aliphatic heterocycles. The number of anilines is 1. The van der Waals surface area contributed by atoms with Crippen molar-refractivity contribution >= 4 is 50.7 Å². The third-order valence-corrected chi connectivity index (χ3v) is 6.94. The van der Waals surface area contributed by atoms with Crippen molar-refractivity contribution in [2.24, 2.45) is 0 Å². The third-order valence-electron chi connectivity index (χ3n) is 5.02. The van der Waals surface area contributed by atoms with Crippen molar-refractivity contribution < 1.29 is 18.0 Å². The third kappa shape index (κ3) is 7.35. The van der Waals surface area contributed by atoms with E-state index < -0.39 is 28.5 Å². The normalized spacial score (nSPS) is 12.4. The van der Waals surface area contributed by atoms with Gasteiger partial charge in [0.2, 0.25) is 21.8 Å². The summed E-state index contributed by atoms with van der Waals surface area (Å²) in [5.41, 5.74) is 1.68. The van der Waals surface area contributed by atoms with Crippen LogP contribution in [0.1, 0.15) is 31.9 Å². The van der Waals surface area contributed by atoms with Crippen LogP contribution in [0.5, 0.6) is 0 Å². The smallest absolute Gasteiger partial charge is 0.244 e. The van der Waals surface area contributed by atoms with Crippen LogP contribution < -0.4 is 9.62 Å². The molecule has 1 N–H and O–H groups in total. The Morgan fingerprint density at radius 3 is 2.21 bits per heavy atom. The monoisotopic (exact) mass is 513 g/mol. The molecule has 0 radical (unpaired) electrons. The fourth-order valence-corrected chi connectivity index (χ4v) is 4.36. The summed E-state index contributed by atoms with van der Waals surface area (Å²) < 4.78 is 26.1. The molecule has 2 rings (SSSR count). The minimum absolute atomic E-state index is 0.0391. The van der Waals surface area contributed by atoms with Crippen molar-refractivity contribution in [1.82, 2.24) is 10.2 Å². The van der Waals surface area contributed by atoms with Gasteiger partial charge in [-0.05, 0) is 57.0 Å². The standard InChI is InChI=1S/C23H29Cl2N3O4S/c1-15(2)26-23(30)17(4)27(13-18-8-6-7-9-20(18)24)22(29)14-28(33(5,31)32)19-11-10-16(3)21(25)12-19/h6-12,15,17H,13-14H2,1-5H3,(H,26,30)/t17-/m0/s1. The van der Waals surface area contributed by atoms with E-state index in [9.17, 15) is 18.0 Å². The number of benzene rings is 2. The fourth-order valence-electron chi connectivity index (χ4n) is 3.15. The first-order chi connectivity index (χ1) is 15.3. The number of halogens is 2. The van der Waals surface area contributed by atoms with Gasteiger partial charge in [0.05, 0.1) is 11.9 Å². The molecule has 0 fully saturated rings. The van der Waals surface area contributed by atoms with E-state index in [2.05, 4.69) is 5.32 Å². The van der Waals surface area contributed by atoms with Crippen LogP contribution in [-0.4, -0.2) is 50.0 Å². The summed E-state index contributed by atoms with van der Waals surface area (Å²) in [6.07, 6.45) is 1.02. The minimum Gasteiger partial charge on any atom is -0.352 e. The second kappa shape index (κ2) is 11.2. The van der Waals surface area contributed by atoms with E-state index in [-0.39, 0.29) is 24.2 Å². The average molecular weight is 514 g/mol. The van der Waals surface area contributed by atoms with Crippen molar-refractivity contribution in [2.45, 2.75) is 46.3 Å². The van der Waals surface area contributed by atoms with Crippen molar-refractivity contribution in [3.05, 3.63) is 63.6 Å². The Labute approximate surface area is 205 Å². The molecule has 7 nitrogen and oxygen atoms in total. The van der Waals surface area contributed by atoms with Crippen LogP contribution in [0.25, 0.3) is 0 Å². The number of aryl methyl sites for hydroxylation is 1. The van der Waals surface area contributed by atoms with E-state index >= 15 is 0 Å². The zero-order chi connectivity index (χ0) is 24.9. The van der Waals surface area contributed by atoms with E-state index in [0.717, 1.165) is 16.1 Å². The van der Waals surface area contributed by atoms with E-state index in [0.29, 0.717) is 15.6 Å². The van der Waals surface area contributed by atoms with Crippen LogP contribution in [0.15, 0.2) is 42.5 Å². The summed E-state index contributed by atoms with van der Waals surface area (Å²) in [4.78, 5) is 27.5. The van der Waals surface area contributed by atoms with Crippen LogP contribution in [0.4, 0.5) is 5.69 Å². The first-order valence-electron chi connectivity index (χ1n) is 10.4. The summed E-state index contributed by atoms with van der Waals surface area (Å²) in [6, 6.07) is 10.8. The molecule has 33 heavy (non-hydrogen) atoms. The predicted octanol–water partition coefficient (Wildman–Crippen LogP) is 4.01. The largest absolute Gasteiger partial charge is 0.352 e. The summed E-state index contributed by atoms with van der Waals surface area (Å²) in [6.45, 7) is 6.57. The van der Waals surface area contributed by atoms with Gasteiger partial charge in [0.15, 0.2) is 0 Å². The van der Waals surface area contributed by atoms with Gasteiger partial charge in [-0.15, -0.1) is 0 Å². The van der Waals surface area contributed by atoms with Crippen molar-refractivity contribution in [2.75, 3.05) is 17.1 Å². The van der Waals surface area contributed by atoms with Gasteiger partial charge in [-0.25, -0.2) is 8.42 Å². The summed E-state index contributed by atoms with van der Waals surface area (Å²) in [7, 11) is -3.82. The van der Waals surface area contributed by atoms with Gasteiger partial charge in [0.1, 0.15) is 12.6 Å². The molecule has 0 aromatic heterocycles. The first-order valence-corrected chi connectivity index (χ1v) is 13.0. The van der Waals surface area contributed by atoms with Gasteiger partial charge >= 0.3 is 0 Å². The highest BCUT2D eigenvalue weighted by atomic mass is 35.5. The predicted molar refractivity (Wildman–Crippen MR) is 133 cm³/mol. The van der Waals surface area contributed by atoms with Gasteiger partial charge in [0, 0.05) is 22.6 Å². The number of carbonyl (C=O) groups excluding carboxylic acids is 2. The number of carbonyl (C=O) groups is 2. The lowest BCUT2D eigenvalue weighted by Gasteiger charge is -2.32. The summed E-state index contributed by atoms with van der Waals surface area (Å²) >= 11 is 12.5. The van der Waals surface area contributed by atoms with Crippen molar-refractivity contribution in [1.29, 1.82) is 0 Å². The molecular formula is C23H29Cl2N3O4S. The lowest BCUT2D eigenvalue weighted by Crippen LogP contribution is -2.52. The lowest BCUT2D eigenvalue weighted by molar-refractivity contribution is -0.139. The van der Waals surface area contributed by atoms with Gasteiger partial charge in [-0.1, -0.05) is 47.5 Å². The highest BCUT2D eigenvalue weighted by molar-refractivity contribution is 7.92. The molecule has 1 atom stereocenters. The van der Waals surface area contributed by atoms with Gasteiger partial charge < -0.3 is 10.2 Å². The van der Waals surface area contributed by atoms with Crippen molar-refractivity contribution in [3.8, 4) is 0 Å². The fraction of sp³-hybridized carbons (Fsp3) is 0.391. The minimum atomic E-state index is -3.82. The van der Waals surface area contributed by atoms with E-state index in [1.165, 1.54) is 11.0 Å². The van der Waals surface area contributed by atoms with Crippen LogP contribution in [0.3, 0.4) is 0 Å². The van der Waals surface area contributed by atoms with Gasteiger partial charge in [-0.2, -0.15) is 0 Å². The Hall–Kier alpha value is -2.29. The molecule has 0 saturated carbocycles. The molecule has 0 saturated heterocycles. The molecule has 0 heterocycles. The maximum absolute atomic E-state index is 13.4. The lowest BCUT2D eigenvalue weighted by atomic mass is 10.1. The molecule has 0 aliphatic rings. The van der Waals surface area contributed by atoms with Crippen LogP contribution >= 0.6 is 23.2 Å². The van der Waals surface area contributed by atoms with Gasteiger partial charge in [-0.3, -0.25) is 13.9 Å². The number of amides is 2. The molecule has 0 aliphatic carbocycles. The Kier molecular flexibility index (Phi) is 9.17. The molecule has 180 valence electrons. The zero-order valence-electron chi connectivity index (χ0n) is 19.3. The van der Waals surface area contributed by atoms with Crippen LogP contribution in [0.2, 0.25) is 10.0 Å². The number of hydrogen-bond donors (Lipinski definition) is 1. The quantitative estimate of drug-likeness (QED) is 0.548. The number of hydrogen-bond acceptors (Lipinski definition) is 4. The SMILES string of the molecule is Cc1ccc(N(CC(=O)N(Cc2ccccc2Cl)[C@@H](C)C(=O)NC(C)C)S(C)(=O)=O)cc1Cl. The summed E-state index contributed by atoms with van der Waals surface area (Å²) in [5, 5.41) is 3.61. The highest BCUT2D eigenvalue weighted by Crippen LogP contribution is 2.26. The van der Waals surface area contributed by atoms with Crippen molar-refractivity contribution in [3.63, 3.8) is 0 Å². The number of rotatable bonds is 9. The molecule has 0 spiro atoms. The first kappa shape index (κ1) is 27.0. The Morgan fingerprint density at radius 2 is 1.67 bits per heavy atom. The van der Waals surface area contributed by atoms with E-state index in [1.807, 2.05) is 13.8 Å². The highest BCUT2D eigenvalue weighted by Gasteiger charge is 2.30. The molecule has 0 bridgehead atoms. The Bertz CT molecular complexity index is 1120. The molecule has 2 aromatic rings. The van der Waals surface area contributed by atoms with Crippen LogP contribution in [0, 0.1) is 6.92 Å². The molecule has 0 unspecified atom stereocenters. The second-order valence-corrected chi connectivity index (χ2v) is 10.9. The maximum atomic E-state index is 13.4. The van der Waals surface area contributed by atoms with E-state index in [4.69, 9.17) is 23.2 Å². The van der Waals surface area contributed by atoms with Gasteiger partial charge in [0.25, 0.3) is 0 Å². The number of nitrogens with one attached hydrogen (secondary N) is 1. The molecular weight excluding hydrogens is 485 g/mol. The molecule has 2 amide bonds. The maximum Gasteiger partial charge on any atom is 0.244 e. The van der Waals surface area contributed by atoms with E-state index in [1.54, 1.807) is 50.2 Å².